The monoisotopic (exact) mass is 309 g/mol. The summed E-state index contributed by atoms with van der Waals surface area (Å²) in [5.41, 5.74) is 1.37. The third-order valence-corrected chi connectivity index (χ3v) is 2.87. The Balaban J connectivity index is 2.22. The van der Waals surface area contributed by atoms with Crippen LogP contribution in [0.15, 0.2) is 33.4 Å². The summed E-state index contributed by atoms with van der Waals surface area (Å²) < 4.78 is 5.65. The quantitative estimate of drug-likeness (QED) is 0.941. The lowest BCUT2D eigenvalue weighted by molar-refractivity contribution is -0.116. The number of halogens is 1. The van der Waals surface area contributed by atoms with E-state index < -0.39 is 0 Å². The maximum absolute atomic E-state index is 11.5. The van der Waals surface area contributed by atoms with Crippen molar-refractivity contribution >= 4 is 27.7 Å². The Labute approximate surface area is 113 Å². The van der Waals surface area contributed by atoms with Gasteiger partial charge in [0.25, 0.3) is 0 Å². The fourth-order valence-electron chi connectivity index (χ4n) is 1.49. The van der Waals surface area contributed by atoms with E-state index in [0.29, 0.717) is 17.9 Å². The molecule has 18 heavy (non-hydrogen) atoms. The van der Waals surface area contributed by atoms with Crippen molar-refractivity contribution in [2.45, 2.75) is 19.8 Å². The molecule has 6 heteroatoms. The van der Waals surface area contributed by atoms with Crippen LogP contribution in [0.1, 0.15) is 19.8 Å². The first-order chi connectivity index (χ1) is 8.70. The summed E-state index contributed by atoms with van der Waals surface area (Å²) in [5, 5.41) is 10.2. The molecule has 94 valence electrons. The molecule has 1 N–H and O–H groups in total. The number of aromatic nitrogens is 2. The van der Waals surface area contributed by atoms with E-state index in [0.717, 1.165) is 16.5 Å². The maximum atomic E-state index is 11.5. The van der Waals surface area contributed by atoms with Crippen molar-refractivity contribution in [3.05, 3.63) is 28.7 Å². The van der Waals surface area contributed by atoms with Gasteiger partial charge in [-0.1, -0.05) is 35.0 Å². The van der Waals surface area contributed by atoms with E-state index in [4.69, 9.17) is 0 Å². The lowest BCUT2D eigenvalue weighted by atomic mass is 10.1. The van der Waals surface area contributed by atoms with Crippen LogP contribution in [-0.2, 0) is 4.79 Å². The highest BCUT2D eigenvalue weighted by Gasteiger charge is 2.14. The first kappa shape index (κ1) is 12.8. The smallest absolute Gasteiger partial charge is 0.225 e. The van der Waals surface area contributed by atoms with Crippen LogP contribution in [0.5, 0.6) is 0 Å². The van der Waals surface area contributed by atoms with Gasteiger partial charge in [-0.2, -0.15) is 0 Å². The Kier molecular flexibility index (Phi) is 4.09. The van der Waals surface area contributed by atoms with Crippen molar-refractivity contribution in [3.63, 3.8) is 0 Å². The number of hydrogen-bond acceptors (Lipinski definition) is 4. The minimum Gasteiger partial charge on any atom is -0.306 e. The van der Waals surface area contributed by atoms with Crippen LogP contribution in [0, 0.1) is 0 Å². The molecule has 1 amide bonds. The van der Waals surface area contributed by atoms with Gasteiger partial charge >= 0.3 is 0 Å². The SMILES string of the molecule is CCCC(=O)Nc1nonc1-c1ccc(Br)cc1. The van der Waals surface area contributed by atoms with Crippen molar-refractivity contribution in [1.29, 1.82) is 0 Å². The van der Waals surface area contributed by atoms with Crippen LogP contribution >= 0.6 is 15.9 Å². The zero-order valence-corrected chi connectivity index (χ0v) is 11.4. The Morgan fingerprint density at radius 3 is 2.72 bits per heavy atom. The van der Waals surface area contributed by atoms with Gasteiger partial charge in [-0.25, -0.2) is 4.63 Å². The largest absolute Gasteiger partial charge is 0.306 e. The summed E-state index contributed by atoms with van der Waals surface area (Å²) in [5.74, 6) is 0.266. The molecular formula is C12H12BrN3O2. The first-order valence-corrected chi connectivity index (χ1v) is 6.38. The number of carbonyl (C=O) groups excluding carboxylic acids is 1. The molecule has 1 heterocycles. The molecule has 1 aromatic heterocycles. The van der Waals surface area contributed by atoms with Crippen molar-refractivity contribution in [2.24, 2.45) is 0 Å². The predicted molar refractivity (Wildman–Crippen MR) is 71.0 cm³/mol. The van der Waals surface area contributed by atoms with E-state index in [1.165, 1.54) is 0 Å². The molecule has 0 atom stereocenters. The number of rotatable bonds is 4. The third kappa shape index (κ3) is 2.95. The zero-order valence-electron chi connectivity index (χ0n) is 9.81. The number of anilines is 1. The van der Waals surface area contributed by atoms with E-state index in [1.807, 2.05) is 31.2 Å². The number of benzene rings is 1. The van der Waals surface area contributed by atoms with Gasteiger partial charge < -0.3 is 5.32 Å². The number of amides is 1. The van der Waals surface area contributed by atoms with Crippen molar-refractivity contribution in [2.75, 3.05) is 5.32 Å². The second-order valence-corrected chi connectivity index (χ2v) is 4.68. The van der Waals surface area contributed by atoms with Crippen LogP contribution in [0.3, 0.4) is 0 Å². The van der Waals surface area contributed by atoms with Crippen LogP contribution in [0.4, 0.5) is 5.82 Å². The normalized spacial score (nSPS) is 10.3. The molecule has 0 spiro atoms. The maximum Gasteiger partial charge on any atom is 0.225 e. The second-order valence-electron chi connectivity index (χ2n) is 3.77. The minimum absolute atomic E-state index is 0.0911. The Bertz CT molecular complexity index is 537. The third-order valence-electron chi connectivity index (χ3n) is 2.34. The summed E-state index contributed by atoms with van der Waals surface area (Å²) in [6, 6.07) is 7.53. The molecular weight excluding hydrogens is 298 g/mol. The highest BCUT2D eigenvalue weighted by atomic mass is 79.9. The Hall–Kier alpha value is -1.69. The molecule has 0 saturated carbocycles. The van der Waals surface area contributed by atoms with Crippen LogP contribution in [-0.4, -0.2) is 16.2 Å². The lowest BCUT2D eigenvalue weighted by Gasteiger charge is -2.02. The molecule has 5 nitrogen and oxygen atoms in total. The summed E-state index contributed by atoms with van der Waals surface area (Å²) in [7, 11) is 0. The molecule has 0 aliphatic carbocycles. The van der Waals surface area contributed by atoms with Gasteiger partial charge in [0, 0.05) is 16.5 Å². The van der Waals surface area contributed by atoms with Crippen molar-refractivity contribution in [1.82, 2.24) is 10.3 Å². The molecule has 0 saturated heterocycles. The molecule has 0 aliphatic heterocycles. The van der Waals surface area contributed by atoms with Crippen molar-refractivity contribution in [3.8, 4) is 11.3 Å². The Morgan fingerprint density at radius 1 is 1.33 bits per heavy atom. The number of hydrogen-bond donors (Lipinski definition) is 1. The molecule has 0 aliphatic rings. The number of nitrogens with zero attached hydrogens (tertiary/aromatic N) is 2. The summed E-state index contributed by atoms with van der Waals surface area (Å²) >= 11 is 3.36. The number of nitrogens with one attached hydrogen (secondary N) is 1. The molecule has 0 unspecified atom stereocenters. The second kappa shape index (κ2) is 5.77. The van der Waals surface area contributed by atoms with Gasteiger partial charge in [-0.3, -0.25) is 4.79 Å². The van der Waals surface area contributed by atoms with Gasteiger partial charge in [0.1, 0.15) is 0 Å². The minimum atomic E-state index is -0.0911. The first-order valence-electron chi connectivity index (χ1n) is 5.59. The van der Waals surface area contributed by atoms with Gasteiger partial charge in [0.05, 0.1) is 0 Å². The van der Waals surface area contributed by atoms with Gasteiger partial charge in [-0.15, -0.1) is 0 Å². The summed E-state index contributed by atoms with van der Waals surface area (Å²) in [6.07, 6.45) is 1.23. The fraction of sp³-hybridized carbons (Fsp3) is 0.250. The average Bonchev–Trinajstić information content (AvgIpc) is 2.78. The van der Waals surface area contributed by atoms with Gasteiger partial charge in [0.15, 0.2) is 5.69 Å². The average molecular weight is 310 g/mol. The highest BCUT2D eigenvalue weighted by molar-refractivity contribution is 9.10. The van der Waals surface area contributed by atoms with Crippen LogP contribution < -0.4 is 5.32 Å². The van der Waals surface area contributed by atoms with Gasteiger partial charge in [0.2, 0.25) is 11.7 Å². The molecule has 1 aromatic carbocycles. The van der Waals surface area contributed by atoms with E-state index in [2.05, 4.69) is 36.2 Å². The van der Waals surface area contributed by atoms with E-state index in [1.54, 1.807) is 0 Å². The van der Waals surface area contributed by atoms with Gasteiger partial charge in [-0.05, 0) is 28.9 Å². The van der Waals surface area contributed by atoms with Crippen LogP contribution in [0.2, 0.25) is 0 Å². The molecule has 2 aromatic rings. The zero-order chi connectivity index (χ0) is 13.0. The predicted octanol–water partition coefficient (Wildman–Crippen LogP) is 3.24. The van der Waals surface area contributed by atoms with E-state index in [-0.39, 0.29) is 5.91 Å². The highest BCUT2D eigenvalue weighted by Crippen LogP contribution is 2.25. The topological polar surface area (TPSA) is 68.0 Å². The van der Waals surface area contributed by atoms with Crippen molar-refractivity contribution < 1.29 is 9.42 Å². The van der Waals surface area contributed by atoms with Crippen LogP contribution in [0.25, 0.3) is 11.3 Å². The molecule has 0 fully saturated rings. The standard InChI is InChI=1S/C12H12BrN3O2/c1-2-3-10(17)14-12-11(15-18-16-12)8-4-6-9(13)7-5-8/h4-7H,2-3H2,1H3,(H,14,16,17). The summed E-state index contributed by atoms with van der Waals surface area (Å²) in [4.78, 5) is 11.5. The lowest BCUT2D eigenvalue weighted by Crippen LogP contribution is -2.11. The van der Waals surface area contributed by atoms with E-state index in [9.17, 15) is 4.79 Å². The fourth-order valence-corrected chi connectivity index (χ4v) is 1.75. The molecule has 0 bridgehead atoms. The Morgan fingerprint density at radius 2 is 2.06 bits per heavy atom. The summed E-state index contributed by atoms with van der Waals surface area (Å²) in [6.45, 7) is 1.94. The number of carbonyl (C=O) groups is 1. The van der Waals surface area contributed by atoms with E-state index >= 15 is 0 Å². The molecule has 2 rings (SSSR count). The molecule has 0 radical (unpaired) electrons.